The molecule has 396 valence electrons. The third-order valence-electron chi connectivity index (χ3n) is 12.5. The average molecular weight is 1040 g/mol. The van der Waals surface area contributed by atoms with Gasteiger partial charge in [-0.05, 0) is 98.2 Å². The van der Waals surface area contributed by atoms with Gasteiger partial charge in [0.15, 0.2) is 17.1 Å². The number of aromatic nitrogens is 6. The van der Waals surface area contributed by atoms with Crippen LogP contribution in [0.5, 0.6) is 11.5 Å². The van der Waals surface area contributed by atoms with Crippen molar-refractivity contribution in [2.45, 2.75) is 91.1 Å². The van der Waals surface area contributed by atoms with Crippen molar-refractivity contribution in [2.75, 3.05) is 25.2 Å². The minimum absolute atomic E-state index is 0.0102. The van der Waals surface area contributed by atoms with Gasteiger partial charge >= 0.3 is 12.1 Å². The molecule has 8 rings (SSSR count). The number of imidazole rings is 1. The number of nitrogens with zero attached hydrogens (tertiary/aromatic N) is 7. The Morgan fingerprint density at radius 1 is 0.855 bits per heavy atom. The highest BCUT2D eigenvalue weighted by Gasteiger charge is 2.30. The fraction of sp³-hybridized carbons (Fsp3) is 0.340. The number of rotatable bonds is 24. The molecule has 6 aromatic rings. The van der Waals surface area contributed by atoms with Crippen LogP contribution in [-0.4, -0.2) is 113 Å². The van der Waals surface area contributed by atoms with Crippen LogP contribution in [-0.2, 0) is 48.4 Å². The molecule has 0 aliphatic carbocycles. The smallest absolute Gasteiger partial charge is 0.410 e. The van der Waals surface area contributed by atoms with Crippen molar-refractivity contribution < 1.29 is 47.8 Å². The van der Waals surface area contributed by atoms with Gasteiger partial charge in [0, 0.05) is 61.3 Å². The van der Waals surface area contributed by atoms with E-state index in [1.165, 1.54) is 23.4 Å². The number of urea groups is 1. The van der Waals surface area contributed by atoms with Crippen molar-refractivity contribution in [3.05, 3.63) is 120 Å². The van der Waals surface area contributed by atoms with Gasteiger partial charge in [-0.1, -0.05) is 44.5 Å². The number of ether oxygens (including phenoxy) is 3. The molecule has 23 heteroatoms. The quantitative estimate of drug-likeness (QED) is 0.0342. The van der Waals surface area contributed by atoms with E-state index in [9.17, 15) is 33.6 Å². The van der Waals surface area contributed by atoms with Crippen LogP contribution in [0.4, 0.5) is 15.3 Å². The van der Waals surface area contributed by atoms with Crippen LogP contribution in [0.25, 0.3) is 28.3 Å². The lowest BCUT2D eigenvalue weighted by Gasteiger charge is -2.25. The van der Waals surface area contributed by atoms with Crippen LogP contribution in [0.2, 0.25) is 0 Å². The summed E-state index contributed by atoms with van der Waals surface area (Å²) in [6.07, 6.45) is 7.18. The Labute approximate surface area is 437 Å². The van der Waals surface area contributed by atoms with Crippen LogP contribution < -0.4 is 36.5 Å². The number of aryl methyl sites for hydroxylation is 1. The number of amides is 8. The number of pyridine rings is 2. The number of hydrogen-bond donors (Lipinski definition) is 6. The van der Waals surface area contributed by atoms with Gasteiger partial charge in [-0.15, -0.1) is 0 Å². The molecule has 0 bridgehead atoms. The number of aromatic amines is 1. The second-order valence-corrected chi connectivity index (χ2v) is 18.6. The van der Waals surface area contributed by atoms with Gasteiger partial charge < -0.3 is 46.2 Å². The zero-order chi connectivity index (χ0) is 53.7. The Hall–Kier alpha value is -9.15. The summed E-state index contributed by atoms with van der Waals surface area (Å²) in [6.45, 7) is 5.92. The average Bonchev–Trinajstić information content (AvgIpc) is 4.23. The first-order valence-corrected chi connectivity index (χ1v) is 24.9. The van der Waals surface area contributed by atoms with E-state index in [2.05, 4.69) is 36.3 Å². The molecule has 2 atom stereocenters. The number of primary amides is 1. The molecule has 2 aliphatic heterocycles. The van der Waals surface area contributed by atoms with Gasteiger partial charge in [0.05, 0.1) is 23.6 Å². The summed E-state index contributed by atoms with van der Waals surface area (Å²) < 4.78 is 18.7. The predicted octanol–water partition coefficient (Wildman–Crippen LogP) is 5.06. The van der Waals surface area contributed by atoms with Crippen LogP contribution in [0.15, 0.2) is 97.5 Å². The van der Waals surface area contributed by atoms with Gasteiger partial charge in [0.25, 0.3) is 11.8 Å². The number of carbonyl (C=O) groups excluding carboxylic acids is 7. The summed E-state index contributed by atoms with van der Waals surface area (Å²) in [6, 6.07) is 18.7. The number of H-pyrrole nitrogens is 1. The minimum Gasteiger partial charge on any atom is -0.454 e. The maximum absolute atomic E-state index is 14.2. The lowest BCUT2D eigenvalue weighted by Crippen LogP contribution is -2.54. The van der Waals surface area contributed by atoms with E-state index in [0.29, 0.717) is 70.6 Å². The molecular formula is C53H59N13O10. The molecule has 0 fully saturated rings. The molecule has 0 radical (unpaired) electrons. The highest BCUT2D eigenvalue weighted by Crippen LogP contribution is 2.34. The van der Waals surface area contributed by atoms with Crippen molar-refractivity contribution in [1.29, 1.82) is 0 Å². The Kier molecular flexibility index (Phi) is 17.3. The van der Waals surface area contributed by atoms with Crippen molar-refractivity contribution >= 4 is 53.0 Å². The molecule has 0 spiro atoms. The highest BCUT2D eigenvalue weighted by atomic mass is 16.7. The largest absolute Gasteiger partial charge is 0.454 e. The number of nitrogens with one attached hydrogen (secondary N) is 5. The van der Waals surface area contributed by atoms with E-state index in [0.717, 1.165) is 21.7 Å². The van der Waals surface area contributed by atoms with Gasteiger partial charge in [-0.3, -0.25) is 38.8 Å². The fourth-order valence-corrected chi connectivity index (χ4v) is 8.52. The van der Waals surface area contributed by atoms with E-state index in [-0.39, 0.29) is 82.5 Å². The maximum Gasteiger partial charge on any atom is 0.410 e. The first-order valence-electron chi connectivity index (χ1n) is 24.9. The van der Waals surface area contributed by atoms with Crippen molar-refractivity contribution in [3.63, 3.8) is 0 Å². The maximum atomic E-state index is 14.2. The number of nitrogens with two attached hydrogens (primary N) is 1. The Balaban J connectivity index is 0.911. The van der Waals surface area contributed by atoms with E-state index in [4.69, 9.17) is 29.9 Å². The number of carbonyl (C=O) groups is 7. The first-order chi connectivity index (χ1) is 36.7. The molecule has 0 saturated heterocycles. The summed E-state index contributed by atoms with van der Waals surface area (Å²) >= 11 is 0. The molecule has 7 N–H and O–H groups in total. The molecule has 2 aliphatic rings. The van der Waals surface area contributed by atoms with Crippen molar-refractivity contribution in [2.24, 2.45) is 11.7 Å². The minimum atomic E-state index is -1.08. The van der Waals surface area contributed by atoms with E-state index in [1.54, 1.807) is 48.7 Å². The lowest BCUT2D eigenvalue weighted by molar-refractivity contribution is -0.137. The van der Waals surface area contributed by atoms with Crippen LogP contribution in [0.3, 0.4) is 0 Å². The second kappa shape index (κ2) is 24.7. The number of hydrogen-bond acceptors (Lipinski definition) is 14. The molecule has 2 aromatic carbocycles. The fourth-order valence-electron chi connectivity index (χ4n) is 8.52. The van der Waals surface area contributed by atoms with E-state index >= 15 is 0 Å². The molecule has 6 heterocycles. The summed E-state index contributed by atoms with van der Waals surface area (Å²) in [5, 5.41) is 15.2. The van der Waals surface area contributed by atoms with E-state index in [1.807, 2.05) is 55.6 Å². The number of anilines is 1. The highest BCUT2D eigenvalue weighted by molar-refractivity contribution is 6.12. The summed E-state index contributed by atoms with van der Waals surface area (Å²) in [5.74, 6) is -0.942. The van der Waals surface area contributed by atoms with Gasteiger partial charge in [0.2, 0.25) is 24.5 Å². The van der Waals surface area contributed by atoms with Gasteiger partial charge in [-0.2, -0.15) is 5.10 Å². The number of benzene rings is 2. The Morgan fingerprint density at radius 2 is 1.63 bits per heavy atom. The number of fused-ring (bicyclic) bond motifs is 2. The third-order valence-corrected chi connectivity index (χ3v) is 12.5. The molecule has 1 unspecified atom stereocenters. The summed E-state index contributed by atoms with van der Waals surface area (Å²) in [4.78, 5) is 110. The third kappa shape index (κ3) is 13.9. The summed E-state index contributed by atoms with van der Waals surface area (Å²) in [5.41, 5.74) is 11.1. The SMILES string of the molecule is Cc1cccc(-c2[nH]c(CN(Cc3ccc4c(c3)OCO4)C(=O)OCc3ccc(NC(=O)C(CCCNC(N)=O)NC(=O)[C@@H](NC(=O)CCCCCN4C(=O)C=CC4=O)C(C)C)cc3)nc2-c2ccc3ncnn3c2)n1. The monoisotopic (exact) mass is 1040 g/mol. The van der Waals surface area contributed by atoms with Crippen LogP contribution in [0, 0.1) is 12.8 Å². The molecule has 23 nitrogen and oxygen atoms in total. The summed E-state index contributed by atoms with van der Waals surface area (Å²) in [7, 11) is 0. The number of imide groups is 1. The molecule has 4 aromatic heterocycles. The zero-order valence-electron chi connectivity index (χ0n) is 42.2. The second-order valence-electron chi connectivity index (χ2n) is 18.6. The van der Waals surface area contributed by atoms with Gasteiger partial charge in [-0.25, -0.2) is 24.1 Å². The first kappa shape index (κ1) is 53.2. The predicted molar refractivity (Wildman–Crippen MR) is 275 cm³/mol. The normalized spacial score (nSPS) is 13.4. The van der Waals surface area contributed by atoms with Crippen molar-refractivity contribution in [3.8, 4) is 34.1 Å². The Bertz CT molecular complexity index is 3120. The number of unbranched alkanes of at least 4 members (excludes halogenated alkanes) is 2. The topological polar surface area (TPSA) is 300 Å². The molecular weight excluding hydrogens is 979 g/mol. The van der Waals surface area contributed by atoms with E-state index < -0.39 is 36.0 Å². The molecule has 8 amide bonds. The van der Waals surface area contributed by atoms with Crippen LogP contribution in [0.1, 0.15) is 75.0 Å². The standard InChI is InChI=1S/C53H59N13O10/c1-32(2)47(63-44(67)12-5-4-6-24-65-45(68)21-22-46(65)69)51(71)60-39(11-8-23-55-52(54)72)50(70)59-37-17-13-34(14-18-37)29-74-53(73)64(26-35-15-19-40-41(25-35)76-31-75-40)28-42-61-48(36-16-20-43-56-30-57-66(43)27-36)49(62-42)38-10-7-9-33(3)58-38/h7,9-10,13-22,25,27,30,32,39,47H,4-6,8,11-12,23-24,26,28-29,31H2,1-3H3,(H,59,70)(H,60,71)(H,61,62)(H,63,67)(H3,54,55,72)/t39?,47-/m0/s1. The van der Waals surface area contributed by atoms with Crippen molar-refractivity contribution in [1.82, 2.24) is 55.3 Å². The van der Waals surface area contributed by atoms with Crippen LogP contribution >= 0.6 is 0 Å². The Morgan fingerprint density at radius 3 is 2.39 bits per heavy atom. The van der Waals surface area contributed by atoms with Gasteiger partial charge in [0.1, 0.15) is 30.8 Å². The lowest BCUT2D eigenvalue weighted by atomic mass is 10.0. The zero-order valence-corrected chi connectivity index (χ0v) is 42.2. The molecule has 0 saturated carbocycles. The molecule has 76 heavy (non-hydrogen) atoms.